The van der Waals surface area contributed by atoms with Crippen molar-refractivity contribution in [1.82, 2.24) is 30.8 Å². The van der Waals surface area contributed by atoms with E-state index in [4.69, 9.17) is 0 Å². The van der Waals surface area contributed by atoms with Crippen LogP contribution in [-0.2, 0) is 11.2 Å². The molecule has 0 aliphatic carbocycles. The van der Waals surface area contributed by atoms with Crippen LogP contribution in [0.5, 0.6) is 0 Å². The molecule has 1 aromatic heterocycles. The summed E-state index contributed by atoms with van der Waals surface area (Å²) >= 11 is 0. The lowest BCUT2D eigenvalue weighted by atomic mass is 10.1. The van der Waals surface area contributed by atoms with E-state index < -0.39 is 0 Å². The molecule has 2 rings (SSSR count). The van der Waals surface area contributed by atoms with Gasteiger partial charge in [-0.3, -0.25) is 9.69 Å². The summed E-state index contributed by atoms with van der Waals surface area (Å²) in [5.41, 5.74) is 0. The monoisotopic (exact) mass is 266 g/mol. The van der Waals surface area contributed by atoms with Crippen molar-refractivity contribution in [2.24, 2.45) is 0 Å². The number of rotatable bonds is 6. The van der Waals surface area contributed by atoms with E-state index in [9.17, 15) is 4.79 Å². The van der Waals surface area contributed by atoms with Crippen molar-refractivity contribution < 1.29 is 4.79 Å². The summed E-state index contributed by atoms with van der Waals surface area (Å²) in [6.07, 6.45) is 5.26. The predicted molar refractivity (Wildman–Crippen MR) is 70.4 cm³/mol. The van der Waals surface area contributed by atoms with Gasteiger partial charge in [-0.05, 0) is 39.3 Å². The average Bonchev–Trinajstić information content (AvgIpc) is 2.96. The van der Waals surface area contributed by atoms with Gasteiger partial charge in [0.15, 0.2) is 5.82 Å². The zero-order valence-electron chi connectivity index (χ0n) is 11.4. The normalized spacial score (nSPS) is 18.2. The number of aromatic nitrogens is 4. The van der Waals surface area contributed by atoms with Gasteiger partial charge in [0.25, 0.3) is 0 Å². The molecule has 7 nitrogen and oxygen atoms in total. The number of carbonyl (C=O) groups is 1. The van der Waals surface area contributed by atoms with Gasteiger partial charge in [-0.2, -0.15) is 5.21 Å². The minimum Gasteiger partial charge on any atom is -0.355 e. The SMILES string of the molecule is CC(C(=O)NCCCc1nn[nH]n1)N1CCCCC1. The second-order valence-corrected chi connectivity index (χ2v) is 5.00. The zero-order valence-corrected chi connectivity index (χ0v) is 11.4. The molecule has 1 fully saturated rings. The summed E-state index contributed by atoms with van der Waals surface area (Å²) in [4.78, 5) is 14.3. The summed E-state index contributed by atoms with van der Waals surface area (Å²) in [6, 6.07) is -0.0227. The Morgan fingerprint density at radius 3 is 2.89 bits per heavy atom. The number of amides is 1. The zero-order chi connectivity index (χ0) is 13.5. The van der Waals surface area contributed by atoms with Crippen molar-refractivity contribution in [2.45, 2.75) is 45.1 Å². The van der Waals surface area contributed by atoms with Crippen LogP contribution in [0.4, 0.5) is 0 Å². The number of tetrazole rings is 1. The van der Waals surface area contributed by atoms with Crippen LogP contribution in [-0.4, -0.2) is 57.1 Å². The molecule has 2 heterocycles. The molecule has 0 spiro atoms. The topological polar surface area (TPSA) is 86.8 Å². The first-order valence-corrected chi connectivity index (χ1v) is 7.01. The minimum absolute atomic E-state index is 0.0227. The van der Waals surface area contributed by atoms with Crippen molar-refractivity contribution in [3.63, 3.8) is 0 Å². The summed E-state index contributed by atoms with van der Waals surface area (Å²) in [6.45, 7) is 4.72. The van der Waals surface area contributed by atoms with Gasteiger partial charge >= 0.3 is 0 Å². The third-order valence-corrected chi connectivity index (χ3v) is 3.58. The first-order chi connectivity index (χ1) is 9.27. The van der Waals surface area contributed by atoms with Crippen molar-refractivity contribution in [3.8, 4) is 0 Å². The lowest BCUT2D eigenvalue weighted by molar-refractivity contribution is -0.126. The number of nitrogens with one attached hydrogen (secondary N) is 2. The second-order valence-electron chi connectivity index (χ2n) is 5.00. The van der Waals surface area contributed by atoms with Gasteiger partial charge in [0.1, 0.15) is 0 Å². The number of hydrogen-bond acceptors (Lipinski definition) is 5. The highest BCUT2D eigenvalue weighted by Crippen LogP contribution is 2.11. The predicted octanol–water partition coefficient (Wildman–Crippen LogP) is 0.123. The molecule has 0 bridgehead atoms. The Morgan fingerprint density at radius 1 is 1.42 bits per heavy atom. The molecule has 19 heavy (non-hydrogen) atoms. The molecule has 1 aliphatic rings. The molecule has 1 atom stereocenters. The molecular formula is C12H22N6O. The van der Waals surface area contributed by atoms with Crippen LogP contribution >= 0.6 is 0 Å². The Labute approximate surface area is 113 Å². The summed E-state index contributed by atoms with van der Waals surface area (Å²) in [5, 5.41) is 16.6. The molecule has 7 heteroatoms. The Hall–Kier alpha value is -1.50. The number of piperidine rings is 1. The van der Waals surface area contributed by atoms with Crippen LogP contribution in [0, 0.1) is 0 Å². The van der Waals surface area contributed by atoms with Crippen LogP contribution in [0.3, 0.4) is 0 Å². The molecule has 2 N–H and O–H groups in total. The lowest BCUT2D eigenvalue weighted by Crippen LogP contribution is -2.47. The highest BCUT2D eigenvalue weighted by atomic mass is 16.2. The molecule has 1 aromatic rings. The first-order valence-electron chi connectivity index (χ1n) is 7.01. The molecule has 0 saturated carbocycles. The van der Waals surface area contributed by atoms with Gasteiger partial charge < -0.3 is 5.32 Å². The van der Waals surface area contributed by atoms with E-state index >= 15 is 0 Å². The van der Waals surface area contributed by atoms with Crippen LogP contribution in [0.1, 0.15) is 38.4 Å². The quantitative estimate of drug-likeness (QED) is 0.714. The van der Waals surface area contributed by atoms with E-state index in [0.717, 1.165) is 25.9 Å². The maximum absolute atomic E-state index is 12.0. The minimum atomic E-state index is -0.0227. The van der Waals surface area contributed by atoms with Crippen molar-refractivity contribution in [3.05, 3.63) is 5.82 Å². The smallest absolute Gasteiger partial charge is 0.237 e. The number of aryl methyl sites for hydroxylation is 1. The summed E-state index contributed by atoms with van der Waals surface area (Å²) in [7, 11) is 0. The largest absolute Gasteiger partial charge is 0.355 e. The van der Waals surface area contributed by atoms with Crippen molar-refractivity contribution in [2.75, 3.05) is 19.6 Å². The van der Waals surface area contributed by atoms with Crippen molar-refractivity contribution in [1.29, 1.82) is 0 Å². The van der Waals surface area contributed by atoms with Crippen LogP contribution in [0.2, 0.25) is 0 Å². The average molecular weight is 266 g/mol. The van der Waals surface area contributed by atoms with Gasteiger partial charge in [0.2, 0.25) is 5.91 Å². The highest BCUT2D eigenvalue weighted by Gasteiger charge is 2.22. The Kier molecular flexibility index (Phi) is 5.26. The fourth-order valence-corrected chi connectivity index (χ4v) is 2.37. The second kappa shape index (κ2) is 7.18. The standard InChI is InChI=1S/C12H22N6O/c1-10(18-8-3-2-4-9-18)12(19)13-7-5-6-11-14-16-17-15-11/h10H,2-9H2,1H3,(H,13,19)(H,14,15,16,17). The third kappa shape index (κ3) is 4.27. The lowest BCUT2D eigenvalue weighted by Gasteiger charge is -2.31. The molecule has 106 valence electrons. The number of H-pyrrole nitrogens is 1. The number of aromatic amines is 1. The van der Waals surface area contributed by atoms with Gasteiger partial charge in [-0.25, -0.2) is 0 Å². The van der Waals surface area contributed by atoms with Gasteiger partial charge in [0.05, 0.1) is 6.04 Å². The maximum atomic E-state index is 12.0. The Bertz CT molecular complexity index is 374. The van der Waals surface area contributed by atoms with Crippen molar-refractivity contribution >= 4 is 5.91 Å². The number of likely N-dealkylation sites (tertiary alicyclic amines) is 1. The van der Waals surface area contributed by atoms with Gasteiger partial charge in [-0.1, -0.05) is 11.6 Å². The number of nitrogens with zero attached hydrogens (tertiary/aromatic N) is 4. The molecule has 1 amide bonds. The van der Waals surface area contributed by atoms with Gasteiger partial charge in [-0.15, -0.1) is 10.2 Å². The Morgan fingerprint density at radius 2 is 2.21 bits per heavy atom. The molecule has 1 unspecified atom stereocenters. The molecular weight excluding hydrogens is 244 g/mol. The maximum Gasteiger partial charge on any atom is 0.237 e. The van der Waals surface area contributed by atoms with E-state index in [2.05, 4.69) is 30.8 Å². The summed E-state index contributed by atoms with van der Waals surface area (Å²) in [5.74, 6) is 0.813. The van der Waals surface area contributed by atoms with E-state index in [1.807, 2.05) is 6.92 Å². The highest BCUT2D eigenvalue weighted by molar-refractivity contribution is 5.81. The summed E-state index contributed by atoms with van der Waals surface area (Å²) < 4.78 is 0. The van der Waals surface area contributed by atoms with Crippen LogP contribution in [0.25, 0.3) is 0 Å². The van der Waals surface area contributed by atoms with E-state index in [1.165, 1.54) is 19.3 Å². The van der Waals surface area contributed by atoms with Crippen LogP contribution < -0.4 is 5.32 Å². The number of hydrogen-bond donors (Lipinski definition) is 2. The van der Waals surface area contributed by atoms with Crippen LogP contribution in [0.15, 0.2) is 0 Å². The van der Waals surface area contributed by atoms with E-state index in [-0.39, 0.29) is 11.9 Å². The fourth-order valence-electron chi connectivity index (χ4n) is 2.37. The van der Waals surface area contributed by atoms with E-state index in [0.29, 0.717) is 12.4 Å². The molecule has 1 aliphatic heterocycles. The Balaban J connectivity index is 1.63. The fraction of sp³-hybridized carbons (Fsp3) is 0.833. The molecule has 0 aromatic carbocycles. The molecule has 0 radical (unpaired) electrons. The third-order valence-electron chi connectivity index (χ3n) is 3.58. The first kappa shape index (κ1) is 13.9. The van der Waals surface area contributed by atoms with E-state index in [1.54, 1.807) is 0 Å². The van der Waals surface area contributed by atoms with Gasteiger partial charge in [0, 0.05) is 13.0 Å². The number of carbonyl (C=O) groups excluding carboxylic acids is 1. The molecule has 1 saturated heterocycles.